The lowest BCUT2D eigenvalue weighted by Crippen LogP contribution is -2.38. The fourth-order valence-corrected chi connectivity index (χ4v) is 3.68. The van der Waals surface area contributed by atoms with Crippen molar-refractivity contribution in [1.29, 1.82) is 0 Å². The molecular weight excluding hydrogens is 278 g/mol. The highest BCUT2D eigenvalue weighted by Gasteiger charge is 2.23. The Balaban J connectivity index is 2.07. The number of carboxylic acid groups (broad SMARTS) is 1. The molecular formula is C14H21NO4S. The molecule has 1 aliphatic rings. The largest absolute Gasteiger partial charge is 0.481 e. The maximum absolute atomic E-state index is 11.1. The molecule has 0 saturated carbocycles. The Kier molecular flexibility index (Phi) is 4.57. The second-order valence-corrected chi connectivity index (χ2v) is 7.51. The van der Waals surface area contributed by atoms with E-state index in [2.05, 4.69) is 4.90 Å². The first-order chi connectivity index (χ1) is 9.43. The van der Waals surface area contributed by atoms with Gasteiger partial charge in [0, 0.05) is 18.8 Å². The number of carbonyl (C=O) groups is 1. The molecule has 0 aliphatic carbocycles. The molecule has 0 spiro atoms. The predicted molar refractivity (Wildman–Crippen MR) is 81.9 cm³/mol. The van der Waals surface area contributed by atoms with Crippen LogP contribution in [0.25, 0.3) is 0 Å². The van der Waals surface area contributed by atoms with E-state index in [1.807, 2.05) is 31.2 Å². The monoisotopic (exact) mass is 299 g/mol. The van der Waals surface area contributed by atoms with Crippen LogP contribution < -0.4 is 4.90 Å². The number of carboxylic acids is 1. The van der Waals surface area contributed by atoms with E-state index in [1.165, 1.54) is 0 Å². The highest BCUT2D eigenvalue weighted by molar-refractivity contribution is 8.24. The van der Waals surface area contributed by atoms with E-state index < -0.39 is 22.5 Å². The Labute approximate surface area is 120 Å². The second kappa shape index (κ2) is 6.03. The summed E-state index contributed by atoms with van der Waals surface area (Å²) in [5.41, 5.74) is 1.81. The van der Waals surface area contributed by atoms with Gasteiger partial charge in [-0.1, -0.05) is 19.1 Å². The molecule has 0 amide bonds. The van der Waals surface area contributed by atoms with Gasteiger partial charge >= 0.3 is 5.97 Å². The van der Waals surface area contributed by atoms with Crippen LogP contribution in [-0.4, -0.2) is 44.8 Å². The third kappa shape index (κ3) is 3.45. The van der Waals surface area contributed by atoms with Crippen LogP contribution >= 0.6 is 10.6 Å². The maximum Gasteiger partial charge on any atom is 0.310 e. The van der Waals surface area contributed by atoms with E-state index in [4.69, 9.17) is 5.11 Å². The van der Waals surface area contributed by atoms with E-state index in [0.29, 0.717) is 31.0 Å². The minimum Gasteiger partial charge on any atom is -0.481 e. The van der Waals surface area contributed by atoms with Gasteiger partial charge in [-0.25, -0.2) is 0 Å². The molecule has 20 heavy (non-hydrogen) atoms. The first-order valence-electron chi connectivity index (χ1n) is 6.74. The quantitative estimate of drug-likeness (QED) is 0.796. The van der Waals surface area contributed by atoms with Crippen LogP contribution in [0.2, 0.25) is 0 Å². The van der Waals surface area contributed by atoms with Gasteiger partial charge in [-0.05, 0) is 24.1 Å². The van der Waals surface area contributed by atoms with Gasteiger partial charge in [0.1, 0.15) is 0 Å². The number of benzene rings is 1. The summed E-state index contributed by atoms with van der Waals surface area (Å²) in [6.45, 7) is 3.11. The molecule has 0 bridgehead atoms. The van der Waals surface area contributed by atoms with Crippen molar-refractivity contribution < 1.29 is 19.0 Å². The van der Waals surface area contributed by atoms with E-state index in [0.717, 1.165) is 11.3 Å². The van der Waals surface area contributed by atoms with Gasteiger partial charge < -0.3 is 10.0 Å². The average Bonchev–Trinajstić information content (AvgIpc) is 2.40. The van der Waals surface area contributed by atoms with Crippen molar-refractivity contribution in [3.63, 3.8) is 0 Å². The third-order valence-corrected chi connectivity index (χ3v) is 5.42. The first kappa shape index (κ1) is 15.2. The molecule has 0 aromatic heterocycles. The summed E-state index contributed by atoms with van der Waals surface area (Å²) in [4.78, 5) is 13.2. The maximum atomic E-state index is 11.1. The normalized spacial score (nSPS) is 21.2. The van der Waals surface area contributed by atoms with Crippen molar-refractivity contribution in [2.45, 2.75) is 19.3 Å². The third-order valence-electron chi connectivity index (χ3n) is 3.74. The van der Waals surface area contributed by atoms with Gasteiger partial charge in [0.2, 0.25) is 0 Å². The van der Waals surface area contributed by atoms with E-state index >= 15 is 0 Å². The van der Waals surface area contributed by atoms with Gasteiger partial charge in [0.15, 0.2) is 0 Å². The van der Waals surface area contributed by atoms with Crippen LogP contribution in [0.3, 0.4) is 0 Å². The zero-order valence-electron chi connectivity index (χ0n) is 11.5. The fraction of sp³-hybridized carbons (Fsp3) is 0.500. The second-order valence-electron chi connectivity index (χ2n) is 5.09. The lowest BCUT2D eigenvalue weighted by molar-refractivity contribution is -0.138. The fourth-order valence-electron chi connectivity index (χ4n) is 2.46. The predicted octanol–water partition coefficient (Wildman–Crippen LogP) is 2.84. The van der Waals surface area contributed by atoms with Crippen LogP contribution in [0.5, 0.6) is 0 Å². The summed E-state index contributed by atoms with van der Waals surface area (Å²) in [5, 5.41) is 9.14. The number of hydrogen-bond donors (Lipinski definition) is 3. The molecule has 1 atom stereocenters. The van der Waals surface area contributed by atoms with Crippen molar-refractivity contribution in [2.75, 3.05) is 29.5 Å². The Morgan fingerprint density at radius 1 is 1.25 bits per heavy atom. The topological polar surface area (TPSA) is 81.0 Å². The molecule has 6 heteroatoms. The minimum absolute atomic E-state index is 0.404. The summed E-state index contributed by atoms with van der Waals surface area (Å²) < 4.78 is 19.2. The summed E-state index contributed by atoms with van der Waals surface area (Å²) >= 11 is 0. The average molecular weight is 299 g/mol. The summed E-state index contributed by atoms with van der Waals surface area (Å²) in [6.07, 6.45) is 0.569. The number of aliphatic carboxylic acids is 1. The summed E-state index contributed by atoms with van der Waals surface area (Å²) in [7, 11) is -2.38. The standard InChI is InChI=1S/C14H21NO4S/c1-2-13(14(16)17)11-3-5-12(6-4-11)15-7-9-20(18,19)10-8-15/h3-6,13,18-19H,2,7-10H2,1H3,(H,16,17). The highest BCUT2D eigenvalue weighted by Crippen LogP contribution is 2.41. The van der Waals surface area contributed by atoms with Gasteiger partial charge in [-0.15, -0.1) is 0 Å². The first-order valence-corrected chi connectivity index (χ1v) is 8.63. The lowest BCUT2D eigenvalue weighted by Gasteiger charge is -2.41. The van der Waals surface area contributed by atoms with Crippen LogP contribution in [0.1, 0.15) is 24.8 Å². The molecule has 1 fully saturated rings. The Bertz CT molecular complexity index is 465. The van der Waals surface area contributed by atoms with Gasteiger partial charge in [-0.2, -0.15) is 10.6 Å². The molecule has 3 N–H and O–H groups in total. The minimum atomic E-state index is -2.38. The number of hydrogen-bond acceptors (Lipinski definition) is 4. The van der Waals surface area contributed by atoms with Crippen molar-refractivity contribution in [1.82, 2.24) is 0 Å². The smallest absolute Gasteiger partial charge is 0.310 e. The summed E-state index contributed by atoms with van der Waals surface area (Å²) in [5.74, 6) is -0.451. The van der Waals surface area contributed by atoms with Crippen LogP contribution in [0.15, 0.2) is 24.3 Å². The van der Waals surface area contributed by atoms with Gasteiger partial charge in [-0.3, -0.25) is 13.9 Å². The van der Waals surface area contributed by atoms with E-state index in [1.54, 1.807) is 0 Å². The number of nitrogens with zero attached hydrogens (tertiary/aromatic N) is 1. The molecule has 2 rings (SSSR count). The van der Waals surface area contributed by atoms with Crippen molar-refractivity contribution in [3.8, 4) is 0 Å². The number of anilines is 1. The van der Waals surface area contributed by atoms with Gasteiger partial charge in [0.05, 0.1) is 17.4 Å². The Morgan fingerprint density at radius 3 is 2.25 bits per heavy atom. The molecule has 1 unspecified atom stereocenters. The molecule has 112 valence electrons. The van der Waals surface area contributed by atoms with Crippen molar-refractivity contribution in [3.05, 3.63) is 29.8 Å². The molecule has 1 saturated heterocycles. The van der Waals surface area contributed by atoms with Crippen molar-refractivity contribution in [2.24, 2.45) is 0 Å². The van der Waals surface area contributed by atoms with Crippen LogP contribution in [0, 0.1) is 0 Å². The van der Waals surface area contributed by atoms with Crippen LogP contribution in [-0.2, 0) is 4.79 Å². The van der Waals surface area contributed by atoms with Crippen LogP contribution in [0.4, 0.5) is 5.69 Å². The Hall–Kier alpha value is -1.24. The molecule has 1 aromatic rings. The highest BCUT2D eigenvalue weighted by atomic mass is 32.3. The molecule has 1 aromatic carbocycles. The van der Waals surface area contributed by atoms with E-state index in [9.17, 15) is 13.9 Å². The number of rotatable bonds is 4. The molecule has 1 heterocycles. The van der Waals surface area contributed by atoms with Gasteiger partial charge in [0.25, 0.3) is 0 Å². The molecule has 0 radical (unpaired) electrons. The molecule has 5 nitrogen and oxygen atoms in total. The lowest BCUT2D eigenvalue weighted by atomic mass is 9.96. The van der Waals surface area contributed by atoms with Crippen molar-refractivity contribution >= 4 is 22.2 Å². The van der Waals surface area contributed by atoms with E-state index in [-0.39, 0.29) is 0 Å². The summed E-state index contributed by atoms with van der Waals surface area (Å²) in [6, 6.07) is 7.53. The zero-order valence-corrected chi connectivity index (χ0v) is 12.3. The Morgan fingerprint density at radius 2 is 1.80 bits per heavy atom. The molecule has 1 aliphatic heterocycles. The SMILES string of the molecule is CCC(C(=O)O)c1ccc(N2CCS(O)(O)CC2)cc1. The zero-order chi connectivity index (χ0) is 14.8.